The molecule has 1 aliphatic rings. The molecule has 1 saturated heterocycles. The molecule has 2 aromatic heterocycles. The number of aromatic amines is 1. The van der Waals surface area contributed by atoms with Gasteiger partial charge in [0.2, 0.25) is 0 Å². The van der Waals surface area contributed by atoms with Gasteiger partial charge in [-0.3, -0.25) is 0 Å². The van der Waals surface area contributed by atoms with Gasteiger partial charge in [-0.1, -0.05) is 20.8 Å². The third-order valence-corrected chi connectivity index (χ3v) is 4.05. The van der Waals surface area contributed by atoms with E-state index < -0.39 is 0 Å². The van der Waals surface area contributed by atoms with Gasteiger partial charge in [0.1, 0.15) is 17.8 Å². The summed E-state index contributed by atoms with van der Waals surface area (Å²) in [6.07, 6.45) is 4.83. The predicted molar refractivity (Wildman–Crippen MR) is 73.7 cm³/mol. The van der Waals surface area contributed by atoms with E-state index in [4.69, 9.17) is 0 Å². The molecule has 1 aliphatic heterocycles. The van der Waals surface area contributed by atoms with Crippen LogP contribution in [0.3, 0.4) is 0 Å². The van der Waals surface area contributed by atoms with E-state index in [1.165, 1.54) is 6.42 Å². The van der Waals surface area contributed by atoms with E-state index in [9.17, 15) is 0 Å². The molecule has 0 bridgehead atoms. The molecule has 18 heavy (non-hydrogen) atoms. The molecule has 0 spiro atoms. The third-order valence-electron chi connectivity index (χ3n) is 4.05. The molecule has 2 aromatic rings. The fourth-order valence-electron chi connectivity index (χ4n) is 2.77. The van der Waals surface area contributed by atoms with Crippen molar-refractivity contribution in [3.63, 3.8) is 0 Å². The number of hydrogen-bond donors (Lipinski definition) is 1. The molecule has 4 heteroatoms. The van der Waals surface area contributed by atoms with Gasteiger partial charge < -0.3 is 9.88 Å². The minimum Gasteiger partial charge on any atom is -0.356 e. The van der Waals surface area contributed by atoms with Gasteiger partial charge in [-0.15, -0.1) is 0 Å². The first kappa shape index (κ1) is 11.5. The minimum absolute atomic E-state index is 0.374. The Morgan fingerprint density at radius 2 is 2.17 bits per heavy atom. The van der Waals surface area contributed by atoms with E-state index in [-0.39, 0.29) is 0 Å². The number of rotatable bonds is 1. The predicted octanol–water partition coefficient (Wildman–Crippen LogP) is 2.83. The molecule has 1 fully saturated rings. The number of nitrogens with zero attached hydrogens (tertiary/aromatic N) is 3. The van der Waals surface area contributed by atoms with E-state index in [0.717, 1.165) is 35.9 Å². The molecule has 3 rings (SSSR count). The number of anilines is 1. The van der Waals surface area contributed by atoms with Crippen LogP contribution in [-0.4, -0.2) is 28.0 Å². The van der Waals surface area contributed by atoms with Gasteiger partial charge >= 0.3 is 0 Å². The minimum atomic E-state index is 0.374. The quantitative estimate of drug-likeness (QED) is 0.839. The van der Waals surface area contributed by atoms with Crippen LogP contribution in [0.1, 0.15) is 27.2 Å². The highest BCUT2D eigenvalue weighted by atomic mass is 15.2. The highest BCUT2D eigenvalue weighted by Gasteiger charge is 2.32. The number of hydrogen-bond acceptors (Lipinski definition) is 3. The molecule has 0 radical (unpaired) electrons. The summed E-state index contributed by atoms with van der Waals surface area (Å²) in [7, 11) is 0. The van der Waals surface area contributed by atoms with Crippen LogP contribution in [-0.2, 0) is 0 Å². The first-order valence-corrected chi connectivity index (χ1v) is 6.59. The van der Waals surface area contributed by atoms with Gasteiger partial charge in [0.05, 0.1) is 5.39 Å². The molecule has 0 aliphatic carbocycles. The largest absolute Gasteiger partial charge is 0.356 e. The molecular weight excluding hydrogens is 224 g/mol. The second-order valence-electron chi connectivity index (χ2n) is 6.23. The van der Waals surface area contributed by atoms with Crippen LogP contribution in [0.5, 0.6) is 0 Å². The Labute approximate surface area is 107 Å². The SMILES string of the molecule is CC(C)(C)C1CCN(c2ncnc3[nH]ccc23)C1. The molecule has 1 N–H and O–H groups in total. The lowest BCUT2D eigenvalue weighted by Gasteiger charge is -2.27. The van der Waals surface area contributed by atoms with E-state index in [1.54, 1.807) is 6.33 Å². The Hall–Kier alpha value is -1.58. The summed E-state index contributed by atoms with van der Waals surface area (Å²) in [4.78, 5) is 14.3. The number of fused-ring (bicyclic) bond motifs is 1. The molecule has 0 amide bonds. The Morgan fingerprint density at radius 1 is 1.33 bits per heavy atom. The van der Waals surface area contributed by atoms with Crippen molar-refractivity contribution in [1.82, 2.24) is 15.0 Å². The molecule has 96 valence electrons. The van der Waals surface area contributed by atoms with Gasteiger partial charge in [-0.25, -0.2) is 9.97 Å². The summed E-state index contributed by atoms with van der Waals surface area (Å²) in [5.41, 5.74) is 1.30. The average Bonchev–Trinajstić information content (AvgIpc) is 2.96. The molecule has 0 aromatic carbocycles. The zero-order valence-corrected chi connectivity index (χ0v) is 11.3. The molecule has 4 nitrogen and oxygen atoms in total. The van der Waals surface area contributed by atoms with Crippen molar-refractivity contribution in [1.29, 1.82) is 0 Å². The summed E-state index contributed by atoms with van der Waals surface area (Å²) in [5.74, 6) is 1.81. The standard InChI is InChI=1S/C14H20N4/c1-14(2,3)10-5-7-18(8-10)13-11-4-6-15-12(11)16-9-17-13/h4,6,9-10H,5,7-8H2,1-3H3,(H,15,16,17). The first-order chi connectivity index (χ1) is 8.55. The van der Waals surface area contributed by atoms with E-state index >= 15 is 0 Å². The van der Waals surface area contributed by atoms with Crippen LogP contribution < -0.4 is 4.90 Å². The van der Waals surface area contributed by atoms with Crippen molar-refractivity contribution < 1.29 is 0 Å². The Bertz CT molecular complexity index is 552. The summed E-state index contributed by atoms with van der Waals surface area (Å²) >= 11 is 0. The summed E-state index contributed by atoms with van der Waals surface area (Å²) in [6, 6.07) is 2.06. The van der Waals surface area contributed by atoms with Crippen LogP contribution in [0.2, 0.25) is 0 Å². The third kappa shape index (κ3) is 1.85. The van der Waals surface area contributed by atoms with Gasteiger partial charge in [0.25, 0.3) is 0 Å². The second kappa shape index (κ2) is 3.97. The summed E-state index contributed by atoms with van der Waals surface area (Å²) in [5, 5.41) is 1.13. The summed E-state index contributed by atoms with van der Waals surface area (Å²) in [6.45, 7) is 9.17. The Morgan fingerprint density at radius 3 is 2.89 bits per heavy atom. The van der Waals surface area contributed by atoms with Gasteiger partial charge in [-0.2, -0.15) is 0 Å². The van der Waals surface area contributed by atoms with E-state index in [2.05, 4.69) is 46.7 Å². The number of nitrogens with one attached hydrogen (secondary N) is 1. The molecule has 0 saturated carbocycles. The first-order valence-electron chi connectivity index (χ1n) is 6.59. The van der Waals surface area contributed by atoms with Crippen LogP contribution in [0, 0.1) is 11.3 Å². The fraction of sp³-hybridized carbons (Fsp3) is 0.571. The van der Waals surface area contributed by atoms with Crippen molar-refractivity contribution in [2.75, 3.05) is 18.0 Å². The van der Waals surface area contributed by atoms with Crippen molar-refractivity contribution in [2.45, 2.75) is 27.2 Å². The van der Waals surface area contributed by atoms with Gasteiger partial charge in [-0.05, 0) is 23.8 Å². The Balaban J connectivity index is 1.91. The van der Waals surface area contributed by atoms with Crippen molar-refractivity contribution in [3.05, 3.63) is 18.6 Å². The smallest absolute Gasteiger partial charge is 0.142 e. The maximum Gasteiger partial charge on any atom is 0.142 e. The molecular formula is C14H20N4. The van der Waals surface area contributed by atoms with Crippen LogP contribution in [0.25, 0.3) is 11.0 Å². The van der Waals surface area contributed by atoms with Gasteiger partial charge in [0.15, 0.2) is 0 Å². The average molecular weight is 244 g/mol. The van der Waals surface area contributed by atoms with E-state index in [0.29, 0.717) is 5.41 Å². The van der Waals surface area contributed by atoms with E-state index in [1.807, 2.05) is 6.20 Å². The highest BCUT2D eigenvalue weighted by molar-refractivity contribution is 5.87. The maximum absolute atomic E-state index is 4.47. The second-order valence-corrected chi connectivity index (χ2v) is 6.23. The molecule has 1 unspecified atom stereocenters. The molecule has 1 atom stereocenters. The highest BCUT2D eigenvalue weighted by Crippen LogP contribution is 2.36. The van der Waals surface area contributed by atoms with Crippen LogP contribution in [0.4, 0.5) is 5.82 Å². The lowest BCUT2D eigenvalue weighted by Crippen LogP contribution is -2.26. The Kier molecular flexibility index (Phi) is 2.54. The zero-order valence-electron chi connectivity index (χ0n) is 11.3. The summed E-state index contributed by atoms with van der Waals surface area (Å²) < 4.78 is 0. The van der Waals surface area contributed by atoms with Crippen molar-refractivity contribution >= 4 is 16.9 Å². The maximum atomic E-state index is 4.47. The monoisotopic (exact) mass is 244 g/mol. The normalized spacial score (nSPS) is 20.8. The lowest BCUT2D eigenvalue weighted by molar-refractivity contribution is 0.263. The lowest BCUT2D eigenvalue weighted by atomic mass is 9.80. The van der Waals surface area contributed by atoms with Crippen molar-refractivity contribution in [2.24, 2.45) is 11.3 Å². The van der Waals surface area contributed by atoms with Crippen molar-refractivity contribution in [3.8, 4) is 0 Å². The fourth-order valence-corrected chi connectivity index (χ4v) is 2.77. The zero-order chi connectivity index (χ0) is 12.8. The number of aromatic nitrogens is 3. The topological polar surface area (TPSA) is 44.8 Å². The van der Waals surface area contributed by atoms with Crippen LogP contribution in [0.15, 0.2) is 18.6 Å². The van der Waals surface area contributed by atoms with Gasteiger partial charge in [0, 0.05) is 19.3 Å². The molecule has 3 heterocycles. The van der Waals surface area contributed by atoms with Crippen LogP contribution >= 0.6 is 0 Å². The number of H-pyrrole nitrogens is 1.